The maximum absolute atomic E-state index is 14.4. The molecule has 0 aliphatic rings. The number of alkyl halides is 3. The van der Waals surface area contributed by atoms with Crippen molar-refractivity contribution in [3.8, 4) is 17.1 Å². The Balaban J connectivity index is 1.55. The SMILES string of the molecule is Cc1cc(C(=O)O)nn1-c1ncc(C(=O)Nc2nc(-c3cccc(C(F)(F)F)c3F)cs2)cc1Cl. The average Bonchev–Trinajstić information content (AvgIpc) is 3.39. The molecule has 14 heteroatoms. The number of aromatic carboxylic acids is 1. The maximum atomic E-state index is 14.4. The fraction of sp³-hybridized carbons (Fsp3) is 0.0952. The van der Waals surface area contributed by atoms with Gasteiger partial charge in [-0.05, 0) is 31.2 Å². The second-order valence-corrected chi connectivity index (χ2v) is 8.34. The van der Waals surface area contributed by atoms with E-state index in [0.29, 0.717) is 11.8 Å². The highest BCUT2D eigenvalue weighted by molar-refractivity contribution is 7.14. The molecule has 0 radical (unpaired) electrons. The van der Waals surface area contributed by atoms with E-state index in [2.05, 4.69) is 20.4 Å². The fourth-order valence-corrected chi connectivity index (χ4v) is 4.03. The number of carboxylic acids is 1. The van der Waals surface area contributed by atoms with Gasteiger partial charge in [-0.2, -0.15) is 18.3 Å². The van der Waals surface area contributed by atoms with Gasteiger partial charge in [0.05, 0.1) is 21.8 Å². The van der Waals surface area contributed by atoms with Crippen molar-refractivity contribution in [3.05, 3.63) is 75.3 Å². The number of aryl methyl sites for hydroxylation is 1. The molecule has 35 heavy (non-hydrogen) atoms. The number of hydrogen-bond acceptors (Lipinski definition) is 6. The molecule has 1 amide bonds. The molecule has 0 saturated carbocycles. The molecular weight excluding hydrogens is 514 g/mol. The van der Waals surface area contributed by atoms with E-state index in [-0.39, 0.29) is 38.5 Å². The Kier molecular flexibility index (Phi) is 6.30. The molecule has 0 saturated heterocycles. The maximum Gasteiger partial charge on any atom is 0.419 e. The highest BCUT2D eigenvalue weighted by Gasteiger charge is 2.35. The van der Waals surface area contributed by atoms with Crippen LogP contribution in [0.3, 0.4) is 0 Å². The lowest BCUT2D eigenvalue weighted by Crippen LogP contribution is -2.13. The second-order valence-electron chi connectivity index (χ2n) is 7.07. The van der Waals surface area contributed by atoms with Crippen LogP contribution in [-0.2, 0) is 6.18 Å². The zero-order valence-corrected chi connectivity index (χ0v) is 19.0. The van der Waals surface area contributed by atoms with E-state index in [1.807, 2.05) is 0 Å². The van der Waals surface area contributed by atoms with Gasteiger partial charge in [0.1, 0.15) is 5.82 Å². The molecule has 0 aliphatic heterocycles. The Morgan fingerprint density at radius 1 is 1.23 bits per heavy atom. The summed E-state index contributed by atoms with van der Waals surface area (Å²) < 4.78 is 54.5. The van der Waals surface area contributed by atoms with Crippen molar-refractivity contribution >= 4 is 39.9 Å². The van der Waals surface area contributed by atoms with E-state index >= 15 is 0 Å². The van der Waals surface area contributed by atoms with Gasteiger partial charge >= 0.3 is 12.1 Å². The van der Waals surface area contributed by atoms with Crippen LogP contribution in [0, 0.1) is 12.7 Å². The number of carbonyl (C=O) groups excluding carboxylic acids is 1. The van der Waals surface area contributed by atoms with Crippen LogP contribution in [0.2, 0.25) is 5.02 Å². The van der Waals surface area contributed by atoms with Crippen LogP contribution in [0.5, 0.6) is 0 Å². The number of amides is 1. The molecule has 0 unspecified atom stereocenters. The van der Waals surface area contributed by atoms with Crippen molar-refractivity contribution in [2.45, 2.75) is 13.1 Å². The number of aromatic nitrogens is 4. The first-order valence-electron chi connectivity index (χ1n) is 9.54. The van der Waals surface area contributed by atoms with E-state index in [9.17, 15) is 27.2 Å². The van der Waals surface area contributed by atoms with Crippen molar-refractivity contribution < 1.29 is 32.3 Å². The molecule has 3 aromatic heterocycles. The topological polar surface area (TPSA) is 110 Å². The van der Waals surface area contributed by atoms with Crippen LogP contribution in [0.25, 0.3) is 17.1 Å². The Morgan fingerprint density at radius 2 is 1.97 bits per heavy atom. The van der Waals surface area contributed by atoms with Gasteiger partial charge in [0.15, 0.2) is 16.6 Å². The second kappa shape index (κ2) is 9.07. The first-order chi connectivity index (χ1) is 16.5. The minimum absolute atomic E-state index is 0.00616. The van der Waals surface area contributed by atoms with E-state index in [1.165, 1.54) is 28.4 Å². The van der Waals surface area contributed by atoms with Crippen LogP contribution in [0.1, 0.15) is 32.1 Å². The summed E-state index contributed by atoms with van der Waals surface area (Å²) in [5.41, 5.74) is -1.60. The number of hydrogen-bond donors (Lipinski definition) is 2. The molecule has 180 valence electrons. The molecule has 0 spiro atoms. The summed E-state index contributed by atoms with van der Waals surface area (Å²) in [5, 5.41) is 16.8. The summed E-state index contributed by atoms with van der Waals surface area (Å²) in [6, 6.07) is 5.45. The molecule has 1 aromatic carbocycles. The monoisotopic (exact) mass is 525 g/mol. The van der Waals surface area contributed by atoms with E-state index in [1.54, 1.807) is 6.92 Å². The first kappa shape index (κ1) is 24.3. The normalized spacial score (nSPS) is 11.5. The molecule has 4 aromatic rings. The third kappa shape index (κ3) is 4.86. The van der Waals surface area contributed by atoms with Gasteiger partial charge in [0.2, 0.25) is 0 Å². The van der Waals surface area contributed by atoms with Crippen LogP contribution >= 0.6 is 22.9 Å². The molecule has 4 rings (SSSR count). The van der Waals surface area contributed by atoms with E-state index in [0.717, 1.165) is 23.5 Å². The molecule has 8 nitrogen and oxygen atoms in total. The van der Waals surface area contributed by atoms with Crippen molar-refractivity contribution in [3.63, 3.8) is 0 Å². The molecular formula is C21H12ClF4N5O3S. The number of carbonyl (C=O) groups is 2. The van der Waals surface area contributed by atoms with Gasteiger partial charge in [0.25, 0.3) is 5.91 Å². The molecule has 0 bridgehead atoms. The fourth-order valence-electron chi connectivity index (χ4n) is 3.08. The van der Waals surface area contributed by atoms with Crippen LogP contribution in [0.15, 0.2) is 41.9 Å². The molecule has 0 atom stereocenters. The van der Waals surface area contributed by atoms with Crippen LogP contribution < -0.4 is 5.32 Å². The molecule has 0 fully saturated rings. The van der Waals surface area contributed by atoms with Crippen molar-refractivity contribution in [1.29, 1.82) is 0 Å². The number of nitrogens with one attached hydrogen (secondary N) is 1. The highest BCUT2D eigenvalue weighted by Crippen LogP contribution is 2.36. The number of thiazole rings is 1. The minimum atomic E-state index is -4.87. The van der Waals surface area contributed by atoms with Gasteiger partial charge < -0.3 is 5.11 Å². The number of rotatable bonds is 5. The Hall–Kier alpha value is -3.84. The Bertz CT molecular complexity index is 1470. The third-order valence-electron chi connectivity index (χ3n) is 4.70. The third-order valence-corrected chi connectivity index (χ3v) is 5.73. The highest BCUT2D eigenvalue weighted by atomic mass is 35.5. The zero-order valence-electron chi connectivity index (χ0n) is 17.4. The summed E-state index contributed by atoms with van der Waals surface area (Å²) >= 11 is 7.11. The smallest absolute Gasteiger partial charge is 0.419 e. The summed E-state index contributed by atoms with van der Waals surface area (Å²) in [6.45, 7) is 1.60. The predicted octanol–water partition coefficient (Wildman–Crippen LogP) is 5.46. The first-order valence-corrected chi connectivity index (χ1v) is 10.8. The zero-order chi connectivity index (χ0) is 25.5. The molecule has 0 aliphatic carbocycles. The summed E-state index contributed by atoms with van der Waals surface area (Å²) in [6.07, 6.45) is -3.69. The van der Waals surface area contributed by atoms with Gasteiger partial charge in [0, 0.05) is 22.8 Å². The van der Waals surface area contributed by atoms with Crippen molar-refractivity contribution in [1.82, 2.24) is 19.7 Å². The number of nitrogens with zero attached hydrogens (tertiary/aromatic N) is 4. The lowest BCUT2D eigenvalue weighted by Gasteiger charge is -2.10. The Morgan fingerprint density at radius 3 is 2.60 bits per heavy atom. The lowest BCUT2D eigenvalue weighted by atomic mass is 10.1. The summed E-state index contributed by atoms with van der Waals surface area (Å²) in [7, 11) is 0. The average molecular weight is 526 g/mol. The largest absolute Gasteiger partial charge is 0.476 e. The standard InChI is InChI=1S/C21H12ClF4N5O3S/c1-9-5-14(19(33)34)30-31(9)17-13(22)6-10(7-27-17)18(32)29-20-28-15(8-35-20)11-3-2-4-12(16(11)23)21(24,25)26/h2-8H,1H3,(H,33,34)(H,28,29,32). The predicted molar refractivity (Wildman–Crippen MR) is 119 cm³/mol. The van der Waals surface area contributed by atoms with Crippen molar-refractivity contribution in [2.75, 3.05) is 5.32 Å². The molecule has 2 N–H and O–H groups in total. The van der Waals surface area contributed by atoms with Crippen molar-refractivity contribution in [2.24, 2.45) is 0 Å². The number of anilines is 1. The van der Waals surface area contributed by atoms with Gasteiger partial charge in [-0.15, -0.1) is 11.3 Å². The number of pyridine rings is 1. The van der Waals surface area contributed by atoms with Crippen LogP contribution in [0.4, 0.5) is 22.7 Å². The van der Waals surface area contributed by atoms with Gasteiger partial charge in [-0.25, -0.2) is 23.8 Å². The lowest BCUT2D eigenvalue weighted by molar-refractivity contribution is -0.139. The summed E-state index contributed by atoms with van der Waals surface area (Å²) in [5.74, 6) is -3.27. The number of benzene rings is 1. The Labute approximate surface area is 202 Å². The van der Waals surface area contributed by atoms with Gasteiger partial charge in [-0.1, -0.05) is 17.7 Å². The summed E-state index contributed by atoms with van der Waals surface area (Å²) in [4.78, 5) is 31.8. The molecule has 3 heterocycles. The minimum Gasteiger partial charge on any atom is -0.476 e. The quantitative estimate of drug-likeness (QED) is 0.335. The van der Waals surface area contributed by atoms with Gasteiger partial charge in [-0.3, -0.25) is 10.1 Å². The van der Waals surface area contributed by atoms with E-state index < -0.39 is 29.4 Å². The number of carboxylic acid groups (broad SMARTS) is 1. The van der Waals surface area contributed by atoms with E-state index in [4.69, 9.17) is 16.7 Å². The van der Waals surface area contributed by atoms with Crippen LogP contribution in [-0.4, -0.2) is 36.7 Å². The number of halogens is 5.